The second kappa shape index (κ2) is 7.03. The quantitative estimate of drug-likeness (QED) is 0.378. The highest BCUT2D eigenvalue weighted by Gasteiger charge is 2.12. The molecule has 0 N–H and O–H groups in total. The first-order valence-corrected chi connectivity index (χ1v) is 10.2. The van der Waals surface area contributed by atoms with Crippen LogP contribution in [0.15, 0.2) is 47.6 Å². The summed E-state index contributed by atoms with van der Waals surface area (Å²) in [4.78, 5) is 9.15. The largest absolute Gasteiger partial charge is 0.272 e. The summed E-state index contributed by atoms with van der Waals surface area (Å²) in [7, 11) is 2.70. The molecule has 0 amide bonds. The van der Waals surface area contributed by atoms with E-state index in [1.807, 2.05) is 27.7 Å². The molecular formula is C17H15BrN9P. The van der Waals surface area contributed by atoms with Crippen LogP contribution in [0, 0.1) is 0 Å². The van der Waals surface area contributed by atoms with E-state index in [0.29, 0.717) is 17.8 Å². The van der Waals surface area contributed by atoms with E-state index in [2.05, 4.69) is 56.7 Å². The number of rotatable bonds is 5. The minimum absolute atomic E-state index is 0.521. The van der Waals surface area contributed by atoms with Crippen molar-refractivity contribution in [2.24, 2.45) is 0 Å². The molecule has 0 saturated heterocycles. The molecule has 9 nitrogen and oxygen atoms in total. The Bertz CT molecular complexity index is 1290. The van der Waals surface area contributed by atoms with Gasteiger partial charge in [0.25, 0.3) is 0 Å². The van der Waals surface area contributed by atoms with Crippen LogP contribution in [-0.2, 0) is 13.1 Å². The zero-order chi connectivity index (χ0) is 19.1. The lowest BCUT2D eigenvalue weighted by Gasteiger charge is -2.04. The molecule has 5 heterocycles. The normalized spacial score (nSPS) is 11.6. The standard InChI is InChI=1S/C17H15BrN9P/c18-13-7-21-26-2-1-11(5-15(13)26)9-27-17-16(23-24-27)19-8-14(22-17)12-6-20-25(10-12)3-4-28/h1-2,5-8,10H,3-4,9,28H2. The average molecular weight is 456 g/mol. The number of pyridine rings is 1. The summed E-state index contributed by atoms with van der Waals surface area (Å²) in [6.07, 6.45) is 10.1. The number of aromatic nitrogens is 9. The molecule has 5 aromatic heterocycles. The Morgan fingerprint density at radius 2 is 2.07 bits per heavy atom. The third-order valence-corrected chi connectivity index (χ3v) is 5.26. The Labute approximate surface area is 170 Å². The fourth-order valence-electron chi connectivity index (χ4n) is 3.02. The van der Waals surface area contributed by atoms with Gasteiger partial charge < -0.3 is 0 Å². The van der Waals surface area contributed by atoms with Gasteiger partial charge in [-0.15, -0.1) is 14.3 Å². The van der Waals surface area contributed by atoms with E-state index in [4.69, 9.17) is 4.98 Å². The van der Waals surface area contributed by atoms with Crippen molar-refractivity contribution in [1.82, 2.24) is 44.4 Å². The summed E-state index contributed by atoms with van der Waals surface area (Å²) in [6, 6.07) is 4.07. The molecule has 5 rings (SSSR count). The molecular weight excluding hydrogens is 441 g/mol. The molecule has 0 aliphatic rings. The predicted octanol–water partition coefficient (Wildman–Crippen LogP) is 2.42. The van der Waals surface area contributed by atoms with E-state index in [-0.39, 0.29) is 0 Å². The maximum absolute atomic E-state index is 4.74. The average Bonchev–Trinajstić information content (AvgIpc) is 3.42. The number of aryl methyl sites for hydroxylation is 1. The Morgan fingerprint density at radius 3 is 2.96 bits per heavy atom. The van der Waals surface area contributed by atoms with Gasteiger partial charge in [-0.3, -0.25) is 4.68 Å². The number of halogens is 1. The van der Waals surface area contributed by atoms with Gasteiger partial charge in [-0.05, 0) is 39.8 Å². The first-order chi connectivity index (χ1) is 13.7. The Hall–Kier alpha value is -2.71. The second-order valence-electron chi connectivity index (χ2n) is 6.29. The van der Waals surface area contributed by atoms with Crippen molar-refractivity contribution >= 4 is 42.0 Å². The lowest BCUT2D eigenvalue weighted by atomic mass is 10.2. The summed E-state index contributed by atoms with van der Waals surface area (Å²) in [5, 5.41) is 17.0. The molecule has 0 aromatic carbocycles. The van der Waals surface area contributed by atoms with Gasteiger partial charge in [0.1, 0.15) is 0 Å². The lowest BCUT2D eigenvalue weighted by molar-refractivity contribution is 0.663. The summed E-state index contributed by atoms with van der Waals surface area (Å²) in [6.45, 7) is 1.38. The van der Waals surface area contributed by atoms with Crippen LogP contribution in [0.25, 0.3) is 28.1 Å². The van der Waals surface area contributed by atoms with Crippen molar-refractivity contribution in [1.29, 1.82) is 0 Å². The Morgan fingerprint density at radius 1 is 1.14 bits per heavy atom. The summed E-state index contributed by atoms with van der Waals surface area (Å²) < 4.78 is 6.41. The zero-order valence-corrected chi connectivity index (χ0v) is 17.4. The van der Waals surface area contributed by atoms with Crippen molar-refractivity contribution in [3.05, 3.63) is 53.2 Å². The monoisotopic (exact) mass is 455 g/mol. The molecule has 0 aliphatic carbocycles. The minimum Gasteiger partial charge on any atom is -0.272 e. The number of nitrogens with zero attached hydrogens (tertiary/aromatic N) is 9. The van der Waals surface area contributed by atoms with Gasteiger partial charge in [0.15, 0.2) is 5.65 Å². The molecule has 28 heavy (non-hydrogen) atoms. The lowest BCUT2D eigenvalue weighted by Crippen LogP contribution is -2.04. The van der Waals surface area contributed by atoms with E-state index < -0.39 is 0 Å². The first kappa shape index (κ1) is 17.4. The molecule has 0 bridgehead atoms. The fraction of sp³-hybridized carbons (Fsp3) is 0.176. The molecule has 0 aliphatic heterocycles. The number of fused-ring (bicyclic) bond motifs is 2. The zero-order valence-electron chi connectivity index (χ0n) is 14.6. The second-order valence-corrected chi connectivity index (χ2v) is 7.72. The molecule has 0 fully saturated rings. The van der Waals surface area contributed by atoms with Gasteiger partial charge in [-0.25, -0.2) is 19.2 Å². The van der Waals surface area contributed by atoms with E-state index in [0.717, 1.165) is 39.5 Å². The van der Waals surface area contributed by atoms with Crippen LogP contribution in [0.5, 0.6) is 0 Å². The van der Waals surface area contributed by atoms with Crippen LogP contribution in [0.3, 0.4) is 0 Å². The van der Waals surface area contributed by atoms with Gasteiger partial charge >= 0.3 is 0 Å². The van der Waals surface area contributed by atoms with E-state index in [1.54, 1.807) is 23.3 Å². The molecule has 5 aromatic rings. The summed E-state index contributed by atoms with van der Waals surface area (Å²) in [5.41, 5.74) is 4.90. The third-order valence-electron chi connectivity index (χ3n) is 4.39. The van der Waals surface area contributed by atoms with Crippen molar-refractivity contribution in [3.8, 4) is 11.3 Å². The number of hydrogen-bond acceptors (Lipinski definition) is 6. The SMILES string of the molecule is PCCn1cc(-c2cnc3nnn(Cc4ccn5ncc(Br)c5c4)c3n2)cn1. The maximum Gasteiger partial charge on any atom is 0.221 e. The Kier molecular flexibility index (Phi) is 4.37. The van der Waals surface area contributed by atoms with Crippen molar-refractivity contribution < 1.29 is 0 Å². The van der Waals surface area contributed by atoms with Crippen LogP contribution < -0.4 is 0 Å². The van der Waals surface area contributed by atoms with Crippen molar-refractivity contribution in [2.45, 2.75) is 13.1 Å². The topological polar surface area (TPSA) is 91.6 Å². The van der Waals surface area contributed by atoms with E-state index in [9.17, 15) is 0 Å². The molecule has 1 atom stereocenters. The molecule has 11 heteroatoms. The maximum atomic E-state index is 4.74. The predicted molar refractivity (Wildman–Crippen MR) is 111 cm³/mol. The van der Waals surface area contributed by atoms with Crippen LogP contribution in [0.2, 0.25) is 0 Å². The molecule has 0 spiro atoms. The van der Waals surface area contributed by atoms with Gasteiger partial charge in [-0.1, -0.05) is 5.21 Å². The smallest absolute Gasteiger partial charge is 0.221 e. The van der Waals surface area contributed by atoms with Crippen LogP contribution in [-0.4, -0.2) is 50.5 Å². The van der Waals surface area contributed by atoms with Gasteiger partial charge in [-0.2, -0.15) is 10.2 Å². The van der Waals surface area contributed by atoms with Gasteiger partial charge in [0, 0.05) is 24.5 Å². The summed E-state index contributed by atoms with van der Waals surface area (Å²) in [5.74, 6) is 0. The van der Waals surface area contributed by atoms with Crippen molar-refractivity contribution in [3.63, 3.8) is 0 Å². The fourth-order valence-corrected chi connectivity index (χ4v) is 3.67. The highest BCUT2D eigenvalue weighted by Crippen LogP contribution is 2.20. The third kappa shape index (κ3) is 3.08. The summed E-state index contributed by atoms with van der Waals surface area (Å²) >= 11 is 3.52. The first-order valence-electron chi connectivity index (χ1n) is 8.62. The number of hydrogen-bond donors (Lipinski definition) is 0. The van der Waals surface area contributed by atoms with Crippen LogP contribution in [0.1, 0.15) is 5.56 Å². The molecule has 0 saturated carbocycles. The minimum atomic E-state index is 0.521. The van der Waals surface area contributed by atoms with Crippen LogP contribution in [0.4, 0.5) is 0 Å². The molecule has 0 radical (unpaired) electrons. The highest BCUT2D eigenvalue weighted by atomic mass is 79.9. The van der Waals surface area contributed by atoms with E-state index >= 15 is 0 Å². The van der Waals surface area contributed by atoms with Crippen LogP contribution >= 0.6 is 25.2 Å². The Balaban J connectivity index is 1.51. The molecule has 1 unspecified atom stereocenters. The molecule has 140 valence electrons. The van der Waals surface area contributed by atoms with E-state index in [1.165, 1.54) is 0 Å². The van der Waals surface area contributed by atoms with Crippen molar-refractivity contribution in [2.75, 3.05) is 6.16 Å². The highest BCUT2D eigenvalue weighted by molar-refractivity contribution is 9.10. The van der Waals surface area contributed by atoms with Gasteiger partial charge in [0.2, 0.25) is 5.65 Å². The van der Waals surface area contributed by atoms with Gasteiger partial charge in [0.05, 0.1) is 40.8 Å².